The van der Waals surface area contributed by atoms with Gasteiger partial charge in [0.25, 0.3) is 11.1 Å². The molecular weight excluding hydrogens is 524 g/mol. The molecule has 2 aliphatic heterocycles. The van der Waals surface area contributed by atoms with E-state index in [4.69, 9.17) is 4.74 Å². The molecule has 0 bridgehead atoms. The van der Waals surface area contributed by atoms with Crippen molar-refractivity contribution in [2.24, 2.45) is 0 Å². The maximum Gasteiger partial charge on any atom is 0.294 e. The molecule has 0 unspecified atom stereocenters. The molecule has 1 N–H and O–H groups in total. The minimum atomic E-state index is -0.465. The van der Waals surface area contributed by atoms with Gasteiger partial charge in [-0.05, 0) is 53.7 Å². The van der Waals surface area contributed by atoms with Crippen LogP contribution >= 0.6 is 11.8 Å². The van der Waals surface area contributed by atoms with Crippen LogP contribution in [0.25, 0.3) is 17.0 Å². The summed E-state index contributed by atoms with van der Waals surface area (Å²) in [6.45, 7) is 3.38. The molecule has 0 atom stereocenters. The first kappa shape index (κ1) is 25.9. The summed E-state index contributed by atoms with van der Waals surface area (Å²) in [4.78, 5) is 42.2. The van der Waals surface area contributed by atoms with E-state index in [9.17, 15) is 14.4 Å². The molecule has 0 aliphatic carbocycles. The molecule has 0 saturated carbocycles. The molecule has 3 aromatic carbocycles. The number of imide groups is 1. The quantitative estimate of drug-likeness (QED) is 0.317. The molecule has 3 heterocycles. The Morgan fingerprint density at radius 2 is 1.65 bits per heavy atom. The monoisotopic (exact) mass is 552 g/mol. The minimum Gasteiger partial charge on any atom is -0.378 e. The summed E-state index contributed by atoms with van der Waals surface area (Å²) in [5.41, 5.74) is 4.72. The van der Waals surface area contributed by atoms with Crippen molar-refractivity contribution in [3.63, 3.8) is 0 Å². The molecule has 0 spiro atoms. The molecule has 8 nitrogen and oxygen atoms in total. The number of rotatable bonds is 7. The van der Waals surface area contributed by atoms with Gasteiger partial charge in [0.05, 0.1) is 18.1 Å². The topological polar surface area (TPSA) is 83.9 Å². The van der Waals surface area contributed by atoms with Crippen molar-refractivity contribution in [1.29, 1.82) is 0 Å². The summed E-state index contributed by atoms with van der Waals surface area (Å²) in [5, 5.41) is 3.33. The summed E-state index contributed by atoms with van der Waals surface area (Å²) in [6, 6.07) is 25.7. The molecule has 3 amide bonds. The Balaban J connectivity index is 1.15. The second-order valence-electron chi connectivity index (χ2n) is 9.68. The fraction of sp³-hybridized carbons (Fsp3) is 0.194. The number of benzene rings is 3. The van der Waals surface area contributed by atoms with Crippen LogP contribution in [-0.4, -0.2) is 59.4 Å². The van der Waals surface area contributed by atoms with Gasteiger partial charge in [-0.2, -0.15) is 0 Å². The Labute approximate surface area is 236 Å². The zero-order valence-corrected chi connectivity index (χ0v) is 22.6. The van der Waals surface area contributed by atoms with Gasteiger partial charge in [-0.3, -0.25) is 19.3 Å². The van der Waals surface area contributed by atoms with Gasteiger partial charge in [0.2, 0.25) is 5.91 Å². The number of carbonyl (C=O) groups excluding carboxylic acids is 3. The van der Waals surface area contributed by atoms with E-state index in [-0.39, 0.29) is 6.54 Å². The van der Waals surface area contributed by atoms with Gasteiger partial charge in [0.1, 0.15) is 6.54 Å². The van der Waals surface area contributed by atoms with E-state index in [2.05, 4.69) is 26.9 Å². The van der Waals surface area contributed by atoms with Crippen LogP contribution in [0.4, 0.5) is 16.2 Å². The number of nitrogens with zero attached hydrogens (tertiary/aromatic N) is 3. The first-order valence-electron chi connectivity index (χ1n) is 13.1. The molecule has 2 saturated heterocycles. The van der Waals surface area contributed by atoms with Gasteiger partial charge in [0.15, 0.2) is 0 Å². The fourth-order valence-corrected chi connectivity index (χ4v) is 5.83. The third-order valence-corrected chi connectivity index (χ3v) is 7.91. The van der Waals surface area contributed by atoms with Crippen LogP contribution in [0.3, 0.4) is 0 Å². The third kappa shape index (κ3) is 5.52. The number of para-hydroxylation sites is 1. The zero-order valence-electron chi connectivity index (χ0n) is 21.8. The Morgan fingerprint density at radius 3 is 2.42 bits per heavy atom. The molecule has 0 radical (unpaired) electrons. The van der Waals surface area contributed by atoms with Crippen molar-refractivity contribution >= 4 is 57.2 Å². The number of thioether (sulfide) groups is 1. The number of carbonyl (C=O) groups is 3. The highest BCUT2D eigenvalue weighted by atomic mass is 32.2. The van der Waals surface area contributed by atoms with Crippen molar-refractivity contribution in [2.45, 2.75) is 6.54 Å². The number of hydrogen-bond donors (Lipinski definition) is 1. The molecule has 40 heavy (non-hydrogen) atoms. The van der Waals surface area contributed by atoms with Gasteiger partial charge in [0, 0.05) is 53.7 Å². The van der Waals surface area contributed by atoms with Gasteiger partial charge in [-0.15, -0.1) is 0 Å². The number of anilines is 2. The maximum absolute atomic E-state index is 13.2. The Morgan fingerprint density at radius 1 is 0.925 bits per heavy atom. The van der Waals surface area contributed by atoms with E-state index in [1.54, 1.807) is 6.08 Å². The van der Waals surface area contributed by atoms with Gasteiger partial charge in [-0.1, -0.05) is 48.5 Å². The minimum absolute atomic E-state index is 0.301. The summed E-state index contributed by atoms with van der Waals surface area (Å²) >= 11 is 0.858. The van der Waals surface area contributed by atoms with Crippen molar-refractivity contribution in [3.05, 3.63) is 101 Å². The fourth-order valence-electron chi connectivity index (χ4n) is 5.00. The van der Waals surface area contributed by atoms with Gasteiger partial charge < -0.3 is 19.5 Å². The number of aromatic nitrogens is 1. The summed E-state index contributed by atoms with van der Waals surface area (Å²) in [5.74, 6) is -0.894. The standard InChI is InChI=1S/C31H28N4O4S/c36-29(32-24-10-12-25(13-11-24)33-14-16-39-17-15-33)21-35-30(37)28(40-31(35)38)18-23-20-34(19-22-6-2-1-3-7-22)27-9-5-4-8-26(23)27/h1-13,18,20H,14-17,19,21H2,(H,32,36)/b28-18-. The predicted molar refractivity (Wildman–Crippen MR) is 158 cm³/mol. The largest absolute Gasteiger partial charge is 0.378 e. The second-order valence-corrected chi connectivity index (χ2v) is 10.7. The molecular formula is C31H28N4O4S. The number of amides is 3. The number of fused-ring (bicyclic) bond motifs is 1. The van der Waals surface area contributed by atoms with E-state index in [0.717, 1.165) is 57.5 Å². The van der Waals surface area contributed by atoms with E-state index in [0.29, 0.717) is 30.4 Å². The second kappa shape index (κ2) is 11.4. The van der Waals surface area contributed by atoms with Crippen molar-refractivity contribution in [1.82, 2.24) is 9.47 Å². The average Bonchev–Trinajstić information content (AvgIpc) is 3.46. The highest BCUT2D eigenvalue weighted by molar-refractivity contribution is 8.18. The first-order chi connectivity index (χ1) is 19.5. The summed E-state index contributed by atoms with van der Waals surface area (Å²) in [6.07, 6.45) is 3.75. The Hall–Kier alpha value is -4.34. The highest BCUT2D eigenvalue weighted by Gasteiger charge is 2.36. The van der Waals surface area contributed by atoms with Crippen molar-refractivity contribution in [2.75, 3.05) is 43.1 Å². The summed E-state index contributed by atoms with van der Waals surface area (Å²) in [7, 11) is 0. The molecule has 4 aromatic rings. The Bertz CT molecular complexity index is 1590. The number of nitrogens with one attached hydrogen (secondary N) is 1. The predicted octanol–water partition coefficient (Wildman–Crippen LogP) is 5.20. The van der Waals surface area contributed by atoms with Crippen LogP contribution in [0.15, 0.2) is 90.0 Å². The van der Waals surface area contributed by atoms with Gasteiger partial charge >= 0.3 is 0 Å². The number of ether oxygens (including phenoxy) is 1. The van der Waals surface area contributed by atoms with Crippen LogP contribution in [0.5, 0.6) is 0 Å². The van der Waals surface area contributed by atoms with Gasteiger partial charge in [-0.25, -0.2) is 0 Å². The van der Waals surface area contributed by atoms with E-state index < -0.39 is 17.1 Å². The van der Waals surface area contributed by atoms with Crippen LogP contribution in [0.1, 0.15) is 11.1 Å². The molecule has 6 rings (SSSR count). The number of hydrogen-bond acceptors (Lipinski definition) is 6. The summed E-state index contributed by atoms with van der Waals surface area (Å²) < 4.78 is 7.53. The van der Waals surface area contributed by atoms with Crippen molar-refractivity contribution < 1.29 is 19.1 Å². The average molecular weight is 553 g/mol. The highest BCUT2D eigenvalue weighted by Crippen LogP contribution is 2.34. The molecule has 9 heteroatoms. The SMILES string of the molecule is O=C(CN1C(=O)S/C(=C\c2cn(Cc3ccccc3)c3ccccc23)C1=O)Nc1ccc(N2CCOCC2)cc1. The molecule has 2 aliphatic rings. The van der Waals surface area contributed by atoms with E-state index in [1.807, 2.05) is 72.9 Å². The Kier molecular flexibility index (Phi) is 7.39. The zero-order chi connectivity index (χ0) is 27.5. The lowest BCUT2D eigenvalue weighted by molar-refractivity contribution is -0.127. The molecule has 2 fully saturated rings. The third-order valence-electron chi connectivity index (χ3n) is 7.00. The van der Waals surface area contributed by atoms with E-state index >= 15 is 0 Å². The van der Waals surface area contributed by atoms with Crippen LogP contribution in [0, 0.1) is 0 Å². The smallest absolute Gasteiger partial charge is 0.294 e. The lowest BCUT2D eigenvalue weighted by Crippen LogP contribution is -2.36. The van der Waals surface area contributed by atoms with Crippen LogP contribution in [0.2, 0.25) is 0 Å². The van der Waals surface area contributed by atoms with Crippen LogP contribution < -0.4 is 10.2 Å². The van der Waals surface area contributed by atoms with Crippen molar-refractivity contribution in [3.8, 4) is 0 Å². The molecule has 202 valence electrons. The normalized spacial score (nSPS) is 16.8. The lowest BCUT2D eigenvalue weighted by atomic mass is 10.1. The maximum atomic E-state index is 13.2. The number of morpholine rings is 1. The van der Waals surface area contributed by atoms with Crippen LogP contribution in [-0.2, 0) is 20.9 Å². The molecule has 1 aromatic heterocycles. The van der Waals surface area contributed by atoms with E-state index in [1.165, 1.54) is 0 Å². The first-order valence-corrected chi connectivity index (χ1v) is 14.0. The lowest BCUT2D eigenvalue weighted by Gasteiger charge is -2.28.